The van der Waals surface area contributed by atoms with Crippen LogP contribution in [0.4, 0.5) is 16.2 Å². The number of nitrogens with two attached hydrogens (primary N) is 1. The number of ether oxygens (including phenoxy) is 1. The lowest BCUT2D eigenvalue weighted by Gasteiger charge is -2.32. The molecule has 7 heteroatoms. The van der Waals surface area contributed by atoms with Crippen molar-refractivity contribution < 1.29 is 14.2 Å². The lowest BCUT2D eigenvalue weighted by molar-refractivity contribution is 0.00318. The Morgan fingerprint density at radius 1 is 1.69 bits per heavy atom. The molecule has 0 aromatic carbocycles. The highest BCUT2D eigenvalue weighted by atomic mass is 19.1. The Hall–Kier alpha value is -1.47. The average Bonchev–Trinajstić information content (AvgIpc) is 2.32. The molecule has 3 N–H and O–H groups in total. The summed E-state index contributed by atoms with van der Waals surface area (Å²) < 4.78 is 18.7. The summed E-state index contributed by atoms with van der Waals surface area (Å²) >= 11 is 0. The molecular weight excluding hydrogens is 215 g/mol. The van der Waals surface area contributed by atoms with Gasteiger partial charge in [-0.15, -0.1) is 0 Å². The summed E-state index contributed by atoms with van der Waals surface area (Å²) in [6.07, 6.45) is 0.727. The number of halogens is 1. The van der Waals surface area contributed by atoms with E-state index in [1.807, 2.05) is 0 Å². The Morgan fingerprint density at radius 2 is 2.50 bits per heavy atom. The minimum absolute atomic E-state index is 0.0310. The van der Waals surface area contributed by atoms with E-state index in [0.29, 0.717) is 19.7 Å². The minimum Gasteiger partial charge on any atom is -0.394 e. The van der Waals surface area contributed by atoms with E-state index >= 15 is 0 Å². The first-order valence-corrected chi connectivity index (χ1v) is 4.96. The normalized spacial score (nSPS) is 21.1. The van der Waals surface area contributed by atoms with Crippen LogP contribution in [0, 0.1) is 5.82 Å². The number of nitrogens with zero attached hydrogens (tertiary/aromatic N) is 3. The number of aliphatic hydroxyl groups excluding tert-OH is 1. The largest absolute Gasteiger partial charge is 0.394 e. The molecule has 2 heterocycles. The highest BCUT2D eigenvalue weighted by Crippen LogP contribution is 2.19. The molecule has 1 aromatic rings. The van der Waals surface area contributed by atoms with E-state index in [-0.39, 0.29) is 24.5 Å². The van der Waals surface area contributed by atoms with Gasteiger partial charge in [-0.2, -0.15) is 4.98 Å². The van der Waals surface area contributed by atoms with Gasteiger partial charge in [-0.3, -0.25) is 0 Å². The molecular formula is C9H13FN4O2. The van der Waals surface area contributed by atoms with Crippen molar-refractivity contribution >= 4 is 11.8 Å². The van der Waals surface area contributed by atoms with Crippen molar-refractivity contribution in [3.05, 3.63) is 12.0 Å². The van der Waals surface area contributed by atoms with Crippen molar-refractivity contribution in [3.8, 4) is 0 Å². The summed E-state index contributed by atoms with van der Waals surface area (Å²) in [6.45, 7) is 1.24. The van der Waals surface area contributed by atoms with E-state index in [2.05, 4.69) is 9.97 Å². The summed E-state index contributed by atoms with van der Waals surface area (Å²) in [7, 11) is 0. The standard InChI is InChI=1S/C9H13FN4O2/c10-7-3-12-9(11)13-8(7)14-1-2-16-6(4-14)5-15/h3,6,15H,1-2,4-5H2,(H2,11,12,13). The van der Waals surface area contributed by atoms with Crippen LogP contribution in [0.5, 0.6) is 0 Å². The summed E-state index contributed by atoms with van der Waals surface area (Å²) in [5.74, 6) is -0.328. The zero-order valence-corrected chi connectivity index (χ0v) is 8.64. The highest BCUT2D eigenvalue weighted by Gasteiger charge is 2.23. The van der Waals surface area contributed by atoms with Gasteiger partial charge in [0.15, 0.2) is 11.6 Å². The first-order chi connectivity index (χ1) is 7.70. The molecule has 1 aliphatic heterocycles. The Balaban J connectivity index is 2.19. The number of morpholine rings is 1. The van der Waals surface area contributed by atoms with Gasteiger partial charge < -0.3 is 20.5 Å². The molecule has 88 valence electrons. The van der Waals surface area contributed by atoms with Crippen LogP contribution < -0.4 is 10.6 Å². The number of nitrogen functional groups attached to an aromatic ring is 1. The van der Waals surface area contributed by atoms with Crippen LogP contribution in [-0.4, -0.2) is 47.5 Å². The Bertz CT molecular complexity index is 377. The van der Waals surface area contributed by atoms with Gasteiger partial charge in [0.05, 0.1) is 25.5 Å². The van der Waals surface area contributed by atoms with Gasteiger partial charge in [0.25, 0.3) is 0 Å². The molecule has 1 fully saturated rings. The van der Waals surface area contributed by atoms with Crippen molar-refractivity contribution in [2.45, 2.75) is 6.10 Å². The zero-order valence-electron chi connectivity index (χ0n) is 8.64. The molecule has 2 rings (SSSR count). The van der Waals surface area contributed by atoms with E-state index in [1.165, 1.54) is 0 Å². The number of aliphatic hydroxyl groups is 1. The van der Waals surface area contributed by atoms with Gasteiger partial charge in [-0.25, -0.2) is 9.37 Å². The monoisotopic (exact) mass is 228 g/mol. The second-order valence-electron chi connectivity index (χ2n) is 3.52. The van der Waals surface area contributed by atoms with E-state index in [9.17, 15) is 4.39 Å². The van der Waals surface area contributed by atoms with Crippen molar-refractivity contribution in [2.24, 2.45) is 0 Å². The maximum absolute atomic E-state index is 13.5. The van der Waals surface area contributed by atoms with Crippen LogP contribution in [0.1, 0.15) is 0 Å². The predicted molar refractivity (Wildman–Crippen MR) is 55.4 cm³/mol. The second-order valence-corrected chi connectivity index (χ2v) is 3.52. The van der Waals surface area contributed by atoms with Gasteiger partial charge in [-0.1, -0.05) is 0 Å². The smallest absolute Gasteiger partial charge is 0.222 e. The van der Waals surface area contributed by atoms with Gasteiger partial charge in [-0.05, 0) is 0 Å². The lowest BCUT2D eigenvalue weighted by Crippen LogP contribution is -2.44. The lowest BCUT2D eigenvalue weighted by atomic mass is 10.3. The molecule has 6 nitrogen and oxygen atoms in total. The maximum atomic E-state index is 13.5. The molecule has 0 saturated carbocycles. The first kappa shape index (κ1) is 11.0. The number of rotatable bonds is 2. The maximum Gasteiger partial charge on any atom is 0.222 e. The predicted octanol–water partition coefficient (Wildman–Crippen LogP) is -0.605. The van der Waals surface area contributed by atoms with Gasteiger partial charge in [0.2, 0.25) is 5.95 Å². The third-order valence-corrected chi connectivity index (χ3v) is 2.39. The van der Waals surface area contributed by atoms with Gasteiger partial charge in [0.1, 0.15) is 0 Å². The van der Waals surface area contributed by atoms with Crippen molar-refractivity contribution in [3.63, 3.8) is 0 Å². The van der Waals surface area contributed by atoms with Crippen LogP contribution in [0.25, 0.3) is 0 Å². The quantitative estimate of drug-likeness (QED) is 0.703. The average molecular weight is 228 g/mol. The first-order valence-electron chi connectivity index (χ1n) is 4.96. The van der Waals surface area contributed by atoms with E-state index < -0.39 is 5.82 Å². The Labute approximate surface area is 91.9 Å². The topological polar surface area (TPSA) is 84.5 Å². The number of hydrogen-bond donors (Lipinski definition) is 2. The molecule has 1 atom stereocenters. The molecule has 0 aliphatic carbocycles. The fourth-order valence-electron chi connectivity index (χ4n) is 1.62. The fraction of sp³-hybridized carbons (Fsp3) is 0.556. The van der Waals surface area contributed by atoms with E-state index in [1.54, 1.807) is 4.90 Å². The van der Waals surface area contributed by atoms with Crippen LogP contribution in [0.15, 0.2) is 6.20 Å². The molecule has 16 heavy (non-hydrogen) atoms. The molecule has 1 unspecified atom stereocenters. The molecule has 1 aliphatic rings. The molecule has 1 aromatic heterocycles. The summed E-state index contributed by atoms with van der Waals surface area (Å²) in [5, 5.41) is 8.98. The second kappa shape index (κ2) is 4.58. The summed E-state index contributed by atoms with van der Waals surface area (Å²) in [4.78, 5) is 9.10. The molecule has 0 radical (unpaired) electrons. The summed E-state index contributed by atoms with van der Waals surface area (Å²) in [5.41, 5.74) is 5.41. The van der Waals surface area contributed by atoms with Crippen LogP contribution >= 0.6 is 0 Å². The van der Waals surface area contributed by atoms with E-state index in [0.717, 1.165) is 6.20 Å². The minimum atomic E-state index is -0.521. The highest BCUT2D eigenvalue weighted by molar-refractivity contribution is 5.43. The number of anilines is 2. The van der Waals surface area contributed by atoms with Crippen molar-refractivity contribution in [2.75, 3.05) is 36.9 Å². The summed E-state index contributed by atoms with van der Waals surface area (Å²) in [6, 6.07) is 0. The van der Waals surface area contributed by atoms with Gasteiger partial charge in [0, 0.05) is 13.1 Å². The van der Waals surface area contributed by atoms with Crippen LogP contribution in [0.3, 0.4) is 0 Å². The molecule has 1 saturated heterocycles. The third kappa shape index (κ3) is 2.20. The zero-order chi connectivity index (χ0) is 11.5. The Kier molecular flexibility index (Phi) is 3.16. The fourth-order valence-corrected chi connectivity index (χ4v) is 1.62. The molecule has 0 spiro atoms. The van der Waals surface area contributed by atoms with Crippen LogP contribution in [-0.2, 0) is 4.74 Å². The van der Waals surface area contributed by atoms with Crippen molar-refractivity contribution in [1.29, 1.82) is 0 Å². The number of hydrogen-bond acceptors (Lipinski definition) is 6. The molecule has 0 bridgehead atoms. The third-order valence-electron chi connectivity index (χ3n) is 2.39. The van der Waals surface area contributed by atoms with Gasteiger partial charge >= 0.3 is 0 Å². The number of aromatic nitrogens is 2. The van der Waals surface area contributed by atoms with Crippen LogP contribution in [0.2, 0.25) is 0 Å². The van der Waals surface area contributed by atoms with E-state index in [4.69, 9.17) is 15.6 Å². The Morgan fingerprint density at radius 3 is 3.25 bits per heavy atom. The van der Waals surface area contributed by atoms with Crippen molar-refractivity contribution in [1.82, 2.24) is 9.97 Å². The molecule has 0 amide bonds. The SMILES string of the molecule is Nc1ncc(F)c(N2CCOC(CO)C2)n1.